The van der Waals surface area contributed by atoms with Gasteiger partial charge in [-0.05, 0) is 28.1 Å². The van der Waals surface area contributed by atoms with Gasteiger partial charge in [-0.2, -0.15) is 18.4 Å². The molecule has 0 spiro atoms. The van der Waals surface area contributed by atoms with Gasteiger partial charge < -0.3 is 4.98 Å². The largest absolute Gasteiger partial charge is 0.418 e. The summed E-state index contributed by atoms with van der Waals surface area (Å²) in [4.78, 5) is 2.70. The SMILES string of the molecule is N#Cc1ccc2[nH]cc(Br)c2c1C(F)(F)F. The molecule has 0 saturated heterocycles. The number of nitrogens with one attached hydrogen (secondary N) is 1. The van der Waals surface area contributed by atoms with E-state index in [2.05, 4.69) is 20.9 Å². The third-order valence-electron chi connectivity index (χ3n) is 2.20. The van der Waals surface area contributed by atoms with E-state index in [-0.39, 0.29) is 10.9 Å². The second-order valence-corrected chi connectivity index (χ2v) is 4.01. The minimum Gasteiger partial charge on any atom is -0.360 e. The van der Waals surface area contributed by atoms with Gasteiger partial charge in [-0.1, -0.05) is 0 Å². The molecule has 2 aromatic rings. The smallest absolute Gasteiger partial charge is 0.360 e. The number of rotatable bonds is 0. The van der Waals surface area contributed by atoms with Gasteiger partial charge in [-0.25, -0.2) is 0 Å². The first-order valence-corrected chi connectivity index (χ1v) is 5.01. The standard InChI is InChI=1S/C10H4BrF3N2/c11-6-4-16-7-2-1-5(3-15)9(8(6)7)10(12,13)14/h1-2,4,16H. The molecule has 0 fully saturated rings. The Hall–Kier alpha value is -1.48. The van der Waals surface area contributed by atoms with Crippen molar-refractivity contribution in [3.8, 4) is 6.07 Å². The number of nitrogens with zero attached hydrogens (tertiary/aromatic N) is 1. The normalized spacial score (nSPS) is 11.7. The van der Waals surface area contributed by atoms with E-state index in [9.17, 15) is 13.2 Å². The third kappa shape index (κ3) is 1.57. The highest BCUT2D eigenvalue weighted by Crippen LogP contribution is 2.40. The second kappa shape index (κ2) is 3.52. The third-order valence-corrected chi connectivity index (χ3v) is 2.83. The van der Waals surface area contributed by atoms with E-state index in [4.69, 9.17) is 5.26 Å². The lowest BCUT2D eigenvalue weighted by Crippen LogP contribution is -2.08. The summed E-state index contributed by atoms with van der Waals surface area (Å²) in [5, 5.41) is 8.69. The van der Waals surface area contributed by atoms with Crippen molar-refractivity contribution in [1.29, 1.82) is 5.26 Å². The maximum Gasteiger partial charge on any atom is 0.418 e. The maximum absolute atomic E-state index is 12.8. The minimum absolute atomic E-state index is 0.00782. The number of benzene rings is 1. The summed E-state index contributed by atoms with van der Waals surface area (Å²) >= 11 is 3.03. The Bertz CT molecular complexity index is 592. The monoisotopic (exact) mass is 288 g/mol. The molecule has 0 radical (unpaired) electrons. The fourth-order valence-electron chi connectivity index (χ4n) is 1.57. The van der Waals surface area contributed by atoms with Gasteiger partial charge in [-0.3, -0.25) is 0 Å². The van der Waals surface area contributed by atoms with Crippen molar-refractivity contribution in [3.05, 3.63) is 33.9 Å². The van der Waals surface area contributed by atoms with Crippen LogP contribution in [0, 0.1) is 11.3 Å². The van der Waals surface area contributed by atoms with Gasteiger partial charge in [0.1, 0.15) is 0 Å². The molecule has 0 unspecified atom stereocenters. The van der Waals surface area contributed by atoms with Crippen LogP contribution in [0.4, 0.5) is 13.2 Å². The van der Waals surface area contributed by atoms with Gasteiger partial charge in [0.05, 0.1) is 17.2 Å². The van der Waals surface area contributed by atoms with Crippen LogP contribution < -0.4 is 0 Å². The van der Waals surface area contributed by atoms with Crippen LogP contribution in [0.3, 0.4) is 0 Å². The van der Waals surface area contributed by atoms with Gasteiger partial charge in [0.2, 0.25) is 0 Å². The van der Waals surface area contributed by atoms with Crippen molar-refractivity contribution in [2.75, 3.05) is 0 Å². The quantitative estimate of drug-likeness (QED) is 0.786. The zero-order valence-electron chi connectivity index (χ0n) is 7.69. The Balaban J connectivity index is 2.95. The fourth-order valence-corrected chi connectivity index (χ4v) is 2.10. The summed E-state index contributed by atoms with van der Waals surface area (Å²) in [6.07, 6.45) is -3.13. The average Bonchev–Trinajstić information content (AvgIpc) is 2.58. The molecular weight excluding hydrogens is 285 g/mol. The number of aromatic nitrogens is 1. The molecule has 2 nitrogen and oxygen atoms in total. The number of fused-ring (bicyclic) bond motifs is 1. The zero-order valence-corrected chi connectivity index (χ0v) is 9.28. The van der Waals surface area contributed by atoms with E-state index >= 15 is 0 Å². The summed E-state index contributed by atoms with van der Waals surface area (Å²) in [6.45, 7) is 0. The molecule has 1 aromatic carbocycles. The average molecular weight is 289 g/mol. The van der Waals surface area contributed by atoms with E-state index in [0.29, 0.717) is 9.99 Å². The number of halogens is 4. The Kier molecular flexibility index (Phi) is 2.43. The van der Waals surface area contributed by atoms with Crippen LogP contribution in [0.15, 0.2) is 22.8 Å². The van der Waals surface area contributed by atoms with Crippen molar-refractivity contribution in [3.63, 3.8) is 0 Å². The minimum atomic E-state index is -4.55. The van der Waals surface area contributed by atoms with E-state index in [1.54, 1.807) is 6.07 Å². The molecule has 1 aromatic heterocycles. The molecule has 0 amide bonds. The molecule has 0 aliphatic heterocycles. The highest BCUT2D eigenvalue weighted by Gasteiger charge is 2.36. The van der Waals surface area contributed by atoms with Gasteiger partial charge >= 0.3 is 6.18 Å². The molecule has 16 heavy (non-hydrogen) atoms. The molecule has 0 aliphatic carbocycles. The van der Waals surface area contributed by atoms with Crippen LogP contribution in [0.25, 0.3) is 10.9 Å². The number of hydrogen-bond donors (Lipinski definition) is 1. The lowest BCUT2D eigenvalue weighted by molar-refractivity contribution is -0.136. The first-order chi connectivity index (χ1) is 7.45. The van der Waals surface area contributed by atoms with Crippen LogP contribution in [0.5, 0.6) is 0 Å². The number of aromatic amines is 1. The Labute approximate surface area is 96.8 Å². The van der Waals surface area contributed by atoms with Crippen molar-refractivity contribution >= 4 is 26.8 Å². The van der Waals surface area contributed by atoms with Crippen LogP contribution in [-0.4, -0.2) is 4.98 Å². The fraction of sp³-hybridized carbons (Fsp3) is 0.100. The van der Waals surface area contributed by atoms with Crippen LogP contribution in [-0.2, 0) is 6.18 Å². The van der Waals surface area contributed by atoms with Gasteiger partial charge in [0, 0.05) is 21.6 Å². The molecule has 6 heteroatoms. The van der Waals surface area contributed by atoms with E-state index in [1.165, 1.54) is 12.3 Å². The highest BCUT2D eigenvalue weighted by atomic mass is 79.9. The van der Waals surface area contributed by atoms with Gasteiger partial charge in [0.15, 0.2) is 0 Å². The Morgan fingerprint density at radius 1 is 1.31 bits per heavy atom. The molecular formula is C10H4BrF3N2. The van der Waals surface area contributed by atoms with Gasteiger partial charge in [0.25, 0.3) is 0 Å². The molecule has 0 saturated carbocycles. The summed E-state index contributed by atoms with van der Waals surface area (Å²) in [5.41, 5.74) is -0.931. The summed E-state index contributed by atoms with van der Waals surface area (Å²) in [7, 11) is 0. The second-order valence-electron chi connectivity index (χ2n) is 3.16. The molecule has 82 valence electrons. The molecule has 1 N–H and O–H groups in total. The molecule has 2 rings (SSSR count). The Morgan fingerprint density at radius 2 is 2.00 bits per heavy atom. The van der Waals surface area contributed by atoms with E-state index in [1.807, 2.05) is 0 Å². The van der Waals surface area contributed by atoms with Crippen molar-refractivity contribution in [1.82, 2.24) is 4.98 Å². The van der Waals surface area contributed by atoms with Crippen molar-refractivity contribution in [2.24, 2.45) is 0 Å². The maximum atomic E-state index is 12.8. The predicted molar refractivity (Wildman–Crippen MR) is 55.7 cm³/mol. The van der Waals surface area contributed by atoms with Crippen LogP contribution in [0.1, 0.15) is 11.1 Å². The topological polar surface area (TPSA) is 39.6 Å². The number of nitriles is 1. The summed E-state index contributed by atoms with van der Waals surface area (Å²) in [5.74, 6) is 0. The van der Waals surface area contributed by atoms with Crippen LogP contribution in [0.2, 0.25) is 0 Å². The molecule has 0 atom stereocenters. The first-order valence-electron chi connectivity index (χ1n) is 4.22. The van der Waals surface area contributed by atoms with E-state index in [0.717, 1.165) is 6.07 Å². The van der Waals surface area contributed by atoms with Gasteiger partial charge in [-0.15, -0.1) is 0 Å². The number of H-pyrrole nitrogens is 1. The van der Waals surface area contributed by atoms with Crippen molar-refractivity contribution < 1.29 is 13.2 Å². The Morgan fingerprint density at radius 3 is 2.56 bits per heavy atom. The number of alkyl halides is 3. The molecule has 0 aliphatic rings. The van der Waals surface area contributed by atoms with Crippen molar-refractivity contribution in [2.45, 2.75) is 6.18 Å². The summed E-state index contributed by atoms with van der Waals surface area (Å²) < 4.78 is 38.8. The lowest BCUT2D eigenvalue weighted by Gasteiger charge is -2.10. The van der Waals surface area contributed by atoms with Crippen LogP contribution >= 0.6 is 15.9 Å². The lowest BCUT2D eigenvalue weighted by atomic mass is 10.0. The first kappa shape index (κ1) is 11.0. The highest BCUT2D eigenvalue weighted by molar-refractivity contribution is 9.10. The summed E-state index contributed by atoms with van der Waals surface area (Å²) in [6, 6.07) is 4.17. The predicted octanol–water partition coefficient (Wildman–Crippen LogP) is 3.82. The number of hydrogen-bond acceptors (Lipinski definition) is 1. The molecule has 1 heterocycles. The molecule has 0 bridgehead atoms. The van der Waals surface area contributed by atoms with E-state index < -0.39 is 11.7 Å². The zero-order chi connectivity index (χ0) is 11.9.